The molecule has 0 unspecified atom stereocenters. The lowest BCUT2D eigenvalue weighted by molar-refractivity contribution is -0.130. The van der Waals surface area contributed by atoms with Gasteiger partial charge in [-0.25, -0.2) is 9.98 Å². The van der Waals surface area contributed by atoms with Crippen LogP contribution in [0.2, 0.25) is 0 Å². The number of benzene rings is 1. The van der Waals surface area contributed by atoms with Crippen LogP contribution >= 0.6 is 35.3 Å². The molecule has 9 heteroatoms. The molecule has 3 aromatic rings. The van der Waals surface area contributed by atoms with Gasteiger partial charge in [-0.1, -0.05) is 30.3 Å². The van der Waals surface area contributed by atoms with Gasteiger partial charge < -0.3 is 20.1 Å². The van der Waals surface area contributed by atoms with Gasteiger partial charge in [-0.15, -0.1) is 35.3 Å². The van der Waals surface area contributed by atoms with Crippen LogP contribution in [0.4, 0.5) is 0 Å². The van der Waals surface area contributed by atoms with Gasteiger partial charge in [0, 0.05) is 31.6 Å². The molecule has 0 saturated carbocycles. The van der Waals surface area contributed by atoms with Crippen LogP contribution in [-0.2, 0) is 24.3 Å². The quantitative estimate of drug-likeness (QED) is 0.272. The van der Waals surface area contributed by atoms with E-state index in [0.29, 0.717) is 19.0 Å². The van der Waals surface area contributed by atoms with Gasteiger partial charge in [0.25, 0.3) is 0 Å². The lowest BCUT2D eigenvalue weighted by Gasteiger charge is -2.27. The SMILES string of the molecule is CCNC(=NCC(=O)N1CCc2sccc2C1)N(C)Cc1ncc(-c2ccccc2)[nH]1.I. The molecule has 0 saturated heterocycles. The molecule has 1 aliphatic rings. The summed E-state index contributed by atoms with van der Waals surface area (Å²) >= 11 is 1.78. The lowest BCUT2D eigenvalue weighted by atomic mass is 10.1. The second-order valence-electron chi connectivity index (χ2n) is 7.57. The molecule has 0 spiro atoms. The second-order valence-corrected chi connectivity index (χ2v) is 8.57. The van der Waals surface area contributed by atoms with E-state index in [1.807, 2.05) is 48.2 Å². The van der Waals surface area contributed by atoms with Crippen LogP contribution in [0.3, 0.4) is 0 Å². The summed E-state index contributed by atoms with van der Waals surface area (Å²) in [5.41, 5.74) is 3.36. The number of imidazole rings is 1. The Morgan fingerprint density at radius 1 is 1.31 bits per heavy atom. The van der Waals surface area contributed by atoms with Crippen molar-refractivity contribution in [2.75, 3.05) is 26.7 Å². The summed E-state index contributed by atoms with van der Waals surface area (Å²) in [4.78, 5) is 30.5. The van der Waals surface area contributed by atoms with Gasteiger partial charge in [0.15, 0.2) is 5.96 Å². The summed E-state index contributed by atoms with van der Waals surface area (Å²) in [5, 5.41) is 5.38. The Morgan fingerprint density at radius 3 is 2.91 bits per heavy atom. The minimum absolute atomic E-state index is 0. The smallest absolute Gasteiger partial charge is 0.244 e. The zero-order chi connectivity index (χ0) is 21.6. The van der Waals surface area contributed by atoms with Crippen LogP contribution in [0.5, 0.6) is 0 Å². The van der Waals surface area contributed by atoms with Crippen molar-refractivity contribution in [3.8, 4) is 11.3 Å². The van der Waals surface area contributed by atoms with Gasteiger partial charge in [0.1, 0.15) is 12.4 Å². The first-order valence-electron chi connectivity index (χ1n) is 10.6. The maximum absolute atomic E-state index is 12.7. The van der Waals surface area contributed by atoms with E-state index >= 15 is 0 Å². The predicted octanol–water partition coefficient (Wildman–Crippen LogP) is 3.74. The molecular weight excluding hydrogens is 535 g/mol. The molecule has 2 N–H and O–H groups in total. The minimum atomic E-state index is 0. The number of guanidine groups is 1. The molecule has 32 heavy (non-hydrogen) atoms. The summed E-state index contributed by atoms with van der Waals surface area (Å²) in [6.45, 7) is 4.91. The number of H-pyrrole nitrogens is 1. The van der Waals surface area contributed by atoms with E-state index in [4.69, 9.17) is 0 Å². The molecule has 0 aliphatic carbocycles. The summed E-state index contributed by atoms with van der Waals surface area (Å²) in [5.74, 6) is 1.60. The van der Waals surface area contributed by atoms with Crippen molar-refractivity contribution in [3.05, 3.63) is 64.2 Å². The predicted molar refractivity (Wildman–Crippen MR) is 140 cm³/mol. The first-order valence-corrected chi connectivity index (χ1v) is 11.4. The monoisotopic (exact) mass is 564 g/mol. The standard InChI is InChI=1S/C23H28N6OS.HI/c1-3-24-23(26-14-22(30)29-11-9-20-18(15-29)10-12-31-20)28(2)16-21-25-13-19(27-21)17-7-5-4-6-8-17;/h4-8,10,12-13H,3,9,11,14-16H2,1-2H3,(H,24,26)(H,25,27);1H. The van der Waals surface area contributed by atoms with Crippen molar-refractivity contribution in [1.29, 1.82) is 0 Å². The number of aromatic amines is 1. The lowest BCUT2D eigenvalue weighted by Crippen LogP contribution is -2.41. The number of amides is 1. The Morgan fingerprint density at radius 2 is 2.12 bits per heavy atom. The van der Waals surface area contributed by atoms with E-state index in [9.17, 15) is 4.79 Å². The molecule has 7 nitrogen and oxygen atoms in total. The molecular formula is C23H29IN6OS. The minimum Gasteiger partial charge on any atom is -0.357 e. The van der Waals surface area contributed by atoms with E-state index in [-0.39, 0.29) is 36.4 Å². The van der Waals surface area contributed by atoms with Crippen molar-refractivity contribution in [2.24, 2.45) is 4.99 Å². The Balaban J connectivity index is 0.00000289. The van der Waals surface area contributed by atoms with Crippen LogP contribution in [-0.4, -0.2) is 58.3 Å². The zero-order valence-corrected chi connectivity index (χ0v) is 21.5. The third kappa shape index (κ3) is 5.89. The highest BCUT2D eigenvalue weighted by molar-refractivity contribution is 14.0. The zero-order valence-electron chi connectivity index (χ0n) is 18.4. The molecule has 0 radical (unpaired) electrons. The molecule has 2 aromatic heterocycles. The van der Waals surface area contributed by atoms with Crippen LogP contribution in [0.25, 0.3) is 11.3 Å². The molecule has 0 atom stereocenters. The third-order valence-electron chi connectivity index (χ3n) is 5.32. The van der Waals surface area contributed by atoms with Crippen molar-refractivity contribution < 1.29 is 4.79 Å². The fourth-order valence-corrected chi connectivity index (χ4v) is 4.57. The third-order valence-corrected chi connectivity index (χ3v) is 6.34. The molecule has 1 aromatic carbocycles. The normalized spacial score (nSPS) is 13.3. The van der Waals surface area contributed by atoms with Gasteiger partial charge >= 0.3 is 0 Å². The molecule has 1 amide bonds. The highest BCUT2D eigenvalue weighted by atomic mass is 127. The summed E-state index contributed by atoms with van der Waals surface area (Å²) in [6.07, 6.45) is 2.78. The number of aromatic nitrogens is 2. The maximum atomic E-state index is 12.7. The number of thiophene rings is 1. The molecule has 1 aliphatic heterocycles. The van der Waals surface area contributed by atoms with Crippen LogP contribution in [0.1, 0.15) is 23.2 Å². The summed E-state index contributed by atoms with van der Waals surface area (Å²) < 4.78 is 0. The Bertz CT molecular complexity index is 1050. The number of carbonyl (C=O) groups is 1. The number of halogens is 1. The first kappa shape index (κ1) is 24.2. The van der Waals surface area contributed by atoms with Gasteiger partial charge in [0.05, 0.1) is 18.4 Å². The average Bonchev–Trinajstić information content (AvgIpc) is 3.46. The van der Waals surface area contributed by atoms with Crippen LogP contribution in [0, 0.1) is 0 Å². The second kappa shape index (κ2) is 11.5. The van der Waals surface area contributed by atoms with E-state index in [2.05, 4.69) is 43.9 Å². The Hall–Kier alpha value is -2.40. The molecule has 4 rings (SSSR count). The Labute approximate surface area is 210 Å². The van der Waals surface area contributed by atoms with Crippen molar-refractivity contribution in [1.82, 2.24) is 25.1 Å². The van der Waals surface area contributed by atoms with E-state index in [1.165, 1.54) is 10.4 Å². The van der Waals surface area contributed by atoms with Gasteiger partial charge in [-0.3, -0.25) is 4.79 Å². The first-order chi connectivity index (χ1) is 15.1. The van der Waals surface area contributed by atoms with E-state index < -0.39 is 0 Å². The number of aliphatic imine (C=N–C) groups is 1. The van der Waals surface area contributed by atoms with Gasteiger partial charge in [-0.05, 0) is 35.9 Å². The number of hydrogen-bond acceptors (Lipinski definition) is 4. The van der Waals surface area contributed by atoms with E-state index in [0.717, 1.165) is 36.6 Å². The molecule has 3 heterocycles. The molecule has 170 valence electrons. The van der Waals surface area contributed by atoms with Crippen molar-refractivity contribution in [2.45, 2.75) is 26.4 Å². The number of hydrogen-bond donors (Lipinski definition) is 2. The molecule has 0 bridgehead atoms. The largest absolute Gasteiger partial charge is 0.357 e. The highest BCUT2D eigenvalue weighted by Gasteiger charge is 2.21. The molecule has 0 fully saturated rings. The van der Waals surface area contributed by atoms with Crippen molar-refractivity contribution >= 4 is 47.2 Å². The number of fused-ring (bicyclic) bond motifs is 1. The Kier molecular flexibility index (Phi) is 8.68. The topological polar surface area (TPSA) is 76.6 Å². The number of rotatable bonds is 6. The fraction of sp³-hybridized carbons (Fsp3) is 0.348. The van der Waals surface area contributed by atoms with Crippen LogP contribution < -0.4 is 5.32 Å². The summed E-state index contributed by atoms with van der Waals surface area (Å²) in [7, 11) is 1.95. The van der Waals surface area contributed by atoms with Gasteiger partial charge in [-0.2, -0.15) is 0 Å². The van der Waals surface area contributed by atoms with Crippen molar-refractivity contribution in [3.63, 3.8) is 0 Å². The maximum Gasteiger partial charge on any atom is 0.244 e. The average molecular weight is 564 g/mol. The van der Waals surface area contributed by atoms with E-state index in [1.54, 1.807) is 11.3 Å². The van der Waals surface area contributed by atoms with Crippen LogP contribution in [0.15, 0.2) is 53.0 Å². The number of nitrogens with zero attached hydrogens (tertiary/aromatic N) is 4. The van der Waals surface area contributed by atoms with Gasteiger partial charge in [0.2, 0.25) is 5.91 Å². The fourth-order valence-electron chi connectivity index (χ4n) is 3.68. The summed E-state index contributed by atoms with van der Waals surface area (Å²) in [6, 6.07) is 12.2. The number of nitrogens with one attached hydrogen (secondary N) is 2. The number of carbonyl (C=O) groups excluding carboxylic acids is 1. The highest BCUT2D eigenvalue weighted by Crippen LogP contribution is 2.24.